The van der Waals surface area contributed by atoms with Crippen molar-refractivity contribution in [2.45, 2.75) is 13.3 Å². The van der Waals surface area contributed by atoms with Crippen molar-refractivity contribution in [3.63, 3.8) is 0 Å². The number of hydrogen-bond acceptors (Lipinski definition) is 1. The van der Waals surface area contributed by atoms with E-state index in [9.17, 15) is 0 Å². The number of pyridine rings is 1. The van der Waals surface area contributed by atoms with E-state index in [0.717, 1.165) is 17.7 Å². The van der Waals surface area contributed by atoms with Crippen LogP contribution in [0.4, 0.5) is 0 Å². The number of aromatic nitrogens is 1. The van der Waals surface area contributed by atoms with E-state index in [1.807, 2.05) is 13.1 Å². The van der Waals surface area contributed by atoms with E-state index >= 15 is 0 Å². The summed E-state index contributed by atoms with van der Waals surface area (Å²) in [5, 5.41) is 0. The van der Waals surface area contributed by atoms with Gasteiger partial charge >= 0.3 is 0 Å². The Hall–Kier alpha value is -1.77. The number of hydrogen-bond donors (Lipinski definition) is 0. The molecule has 0 N–H and O–H groups in total. The Morgan fingerprint density at radius 1 is 1.62 bits per heavy atom. The van der Waals surface area contributed by atoms with Gasteiger partial charge in [0.15, 0.2) is 0 Å². The maximum Gasteiger partial charge on any atom is 0.0918 e. The van der Waals surface area contributed by atoms with Crippen LogP contribution in [0.15, 0.2) is 24.6 Å². The van der Waals surface area contributed by atoms with Crippen molar-refractivity contribution in [2.75, 3.05) is 0 Å². The largest absolute Gasteiger partial charge is 0.254 e. The van der Waals surface area contributed by atoms with E-state index in [2.05, 4.69) is 35.2 Å². The van der Waals surface area contributed by atoms with E-state index in [-0.39, 0.29) is 0 Å². The van der Waals surface area contributed by atoms with Crippen LogP contribution in [-0.2, 0) is 6.42 Å². The first kappa shape index (κ1) is 7.86. The average Bonchev–Trinajstić information content (AvgIpc) is 2.16. The number of fused-ring (bicyclic) bond motifs is 1. The highest BCUT2D eigenvalue weighted by atomic mass is 14.7. The molecule has 0 aromatic carbocycles. The molecule has 62 valence electrons. The lowest BCUT2D eigenvalue weighted by atomic mass is 9.99. The second kappa shape index (κ2) is 2.94. The van der Waals surface area contributed by atoms with Crippen molar-refractivity contribution in [3.8, 4) is 11.8 Å². The molecule has 0 amide bonds. The predicted octanol–water partition coefficient (Wildman–Crippen LogP) is 2.12. The summed E-state index contributed by atoms with van der Waals surface area (Å²) in [6.07, 6.45) is 2.64. The van der Waals surface area contributed by atoms with Gasteiger partial charge in [0, 0.05) is 12.6 Å². The topological polar surface area (TPSA) is 12.9 Å². The Morgan fingerprint density at radius 3 is 3.23 bits per heavy atom. The van der Waals surface area contributed by atoms with Gasteiger partial charge in [0.25, 0.3) is 0 Å². The first-order valence-corrected chi connectivity index (χ1v) is 4.16. The molecule has 1 aromatic heterocycles. The summed E-state index contributed by atoms with van der Waals surface area (Å²) in [4.78, 5) is 4.33. The third kappa shape index (κ3) is 1.28. The third-order valence-corrected chi connectivity index (χ3v) is 2.01. The number of aryl methyl sites for hydroxylation is 1. The van der Waals surface area contributed by atoms with Crippen molar-refractivity contribution in [1.82, 2.24) is 4.98 Å². The summed E-state index contributed by atoms with van der Waals surface area (Å²) in [7, 11) is 0. The van der Waals surface area contributed by atoms with Gasteiger partial charge in [-0.25, -0.2) is 0 Å². The van der Waals surface area contributed by atoms with Gasteiger partial charge in [-0.1, -0.05) is 24.5 Å². The second-order valence-electron chi connectivity index (χ2n) is 3.05. The van der Waals surface area contributed by atoms with Gasteiger partial charge in [-0.3, -0.25) is 4.98 Å². The first-order chi connectivity index (χ1) is 6.31. The van der Waals surface area contributed by atoms with Crippen LogP contribution in [0.1, 0.15) is 16.8 Å². The molecule has 0 bridgehead atoms. The quantitative estimate of drug-likeness (QED) is 0.426. The van der Waals surface area contributed by atoms with Crippen molar-refractivity contribution in [1.29, 1.82) is 0 Å². The fourth-order valence-electron chi connectivity index (χ4n) is 1.40. The van der Waals surface area contributed by atoms with Gasteiger partial charge in [0.1, 0.15) is 0 Å². The molecule has 0 saturated carbocycles. The number of rotatable bonds is 0. The summed E-state index contributed by atoms with van der Waals surface area (Å²) in [6.45, 7) is 5.64. The van der Waals surface area contributed by atoms with Gasteiger partial charge in [-0.15, -0.1) is 5.73 Å². The van der Waals surface area contributed by atoms with Crippen LogP contribution in [0.2, 0.25) is 0 Å². The molecule has 1 aromatic rings. The number of nitrogens with zero attached hydrogens (tertiary/aromatic N) is 1. The van der Waals surface area contributed by atoms with E-state index in [4.69, 9.17) is 0 Å². The molecule has 0 radical (unpaired) electrons. The zero-order chi connectivity index (χ0) is 9.26. The minimum Gasteiger partial charge on any atom is -0.254 e. The van der Waals surface area contributed by atoms with Gasteiger partial charge in [0.05, 0.1) is 11.3 Å². The molecule has 0 saturated heterocycles. The smallest absolute Gasteiger partial charge is 0.0918 e. The van der Waals surface area contributed by atoms with Crippen LogP contribution in [-0.4, -0.2) is 4.98 Å². The Balaban J connectivity index is 2.68. The number of allylic oxidation sites excluding steroid dienone is 1. The lowest BCUT2D eigenvalue weighted by Crippen LogP contribution is -2.00. The molecule has 0 unspecified atom stereocenters. The van der Waals surface area contributed by atoms with Crippen LogP contribution in [0.3, 0.4) is 0 Å². The van der Waals surface area contributed by atoms with Gasteiger partial charge in [-0.2, -0.15) is 0 Å². The van der Waals surface area contributed by atoms with E-state index in [0.29, 0.717) is 0 Å². The maximum absolute atomic E-state index is 4.33. The Morgan fingerprint density at radius 2 is 2.46 bits per heavy atom. The highest BCUT2D eigenvalue weighted by Gasteiger charge is 2.09. The molecular formula is C12H9N. The Labute approximate surface area is 77.8 Å². The second-order valence-corrected chi connectivity index (χ2v) is 3.05. The normalized spacial score (nSPS) is 12.5. The summed E-state index contributed by atoms with van der Waals surface area (Å²) < 4.78 is 0. The molecule has 13 heavy (non-hydrogen) atoms. The maximum atomic E-state index is 4.33. The molecule has 1 nitrogen and oxygen atoms in total. The molecule has 2 rings (SSSR count). The molecule has 1 heterocycles. The van der Waals surface area contributed by atoms with Crippen molar-refractivity contribution < 1.29 is 0 Å². The first-order valence-electron chi connectivity index (χ1n) is 4.16. The third-order valence-electron chi connectivity index (χ3n) is 2.01. The van der Waals surface area contributed by atoms with Crippen molar-refractivity contribution in [2.24, 2.45) is 0 Å². The lowest BCUT2D eigenvalue weighted by molar-refractivity contribution is 1.14. The summed E-state index contributed by atoms with van der Waals surface area (Å²) in [5.74, 6) is 6.01. The molecular weight excluding hydrogens is 158 g/mol. The zero-order valence-electron chi connectivity index (χ0n) is 7.52. The van der Waals surface area contributed by atoms with Crippen molar-refractivity contribution in [3.05, 3.63) is 41.4 Å². The van der Waals surface area contributed by atoms with Crippen LogP contribution >= 0.6 is 0 Å². The average molecular weight is 167 g/mol. The van der Waals surface area contributed by atoms with Gasteiger partial charge < -0.3 is 0 Å². The predicted molar refractivity (Wildman–Crippen MR) is 53.0 cm³/mol. The fourth-order valence-corrected chi connectivity index (χ4v) is 1.40. The fraction of sp³-hybridized carbons (Fsp3) is 0.167. The lowest BCUT2D eigenvalue weighted by Gasteiger charge is -2.08. The van der Waals surface area contributed by atoms with Crippen LogP contribution in [0, 0.1) is 18.8 Å². The zero-order valence-corrected chi connectivity index (χ0v) is 7.52. The van der Waals surface area contributed by atoms with E-state index in [1.54, 1.807) is 0 Å². The highest BCUT2D eigenvalue weighted by molar-refractivity contribution is 5.80. The molecule has 0 atom stereocenters. The summed E-state index contributed by atoms with van der Waals surface area (Å²) in [6, 6.07) is 2.12. The minimum atomic E-state index is 0.787. The minimum absolute atomic E-state index is 0.787. The molecule has 1 aliphatic rings. The summed E-state index contributed by atoms with van der Waals surface area (Å²) in [5.41, 5.74) is 6.93. The van der Waals surface area contributed by atoms with Crippen molar-refractivity contribution >= 4 is 5.57 Å². The Kier molecular flexibility index (Phi) is 1.77. The van der Waals surface area contributed by atoms with Gasteiger partial charge in [0.2, 0.25) is 0 Å². The Bertz CT molecular complexity index is 466. The molecule has 1 heteroatoms. The van der Waals surface area contributed by atoms with Crippen LogP contribution in [0.5, 0.6) is 0 Å². The van der Waals surface area contributed by atoms with E-state index in [1.165, 1.54) is 11.1 Å². The van der Waals surface area contributed by atoms with E-state index < -0.39 is 0 Å². The molecule has 1 aliphatic carbocycles. The molecule has 0 fully saturated rings. The molecule has 0 aliphatic heterocycles. The monoisotopic (exact) mass is 167 g/mol. The summed E-state index contributed by atoms with van der Waals surface area (Å²) >= 11 is 0. The SMILES string of the molecule is C=C=C1C#CCc2cc(C)cnc21. The van der Waals surface area contributed by atoms with Crippen LogP contribution < -0.4 is 0 Å². The van der Waals surface area contributed by atoms with Gasteiger partial charge in [-0.05, 0) is 18.1 Å². The highest BCUT2D eigenvalue weighted by Crippen LogP contribution is 2.19. The van der Waals surface area contributed by atoms with Crippen LogP contribution in [0.25, 0.3) is 5.57 Å². The molecule has 0 spiro atoms. The standard InChI is InChI=1S/C12H9N/c1-3-10-5-4-6-11-7-9(2)8-13-12(10)11/h7-8H,1,6H2,2H3.